The van der Waals surface area contributed by atoms with Crippen molar-refractivity contribution in [3.05, 3.63) is 48.0 Å². The molecule has 3 aromatic rings. The van der Waals surface area contributed by atoms with Crippen molar-refractivity contribution in [3.63, 3.8) is 0 Å². The summed E-state index contributed by atoms with van der Waals surface area (Å²) in [6, 6.07) is 13.1. The van der Waals surface area contributed by atoms with E-state index in [9.17, 15) is 4.79 Å². The zero-order valence-corrected chi connectivity index (χ0v) is 15.6. The average Bonchev–Trinajstić information content (AvgIpc) is 2.66. The predicted octanol–water partition coefficient (Wildman–Crippen LogP) is 3.55. The Morgan fingerprint density at radius 2 is 1.96 bits per heavy atom. The van der Waals surface area contributed by atoms with Gasteiger partial charge in [-0.2, -0.15) is 0 Å². The van der Waals surface area contributed by atoms with Gasteiger partial charge in [0, 0.05) is 17.9 Å². The van der Waals surface area contributed by atoms with Crippen LogP contribution in [-0.4, -0.2) is 36.3 Å². The predicted molar refractivity (Wildman–Crippen MR) is 105 cm³/mol. The van der Waals surface area contributed by atoms with Crippen molar-refractivity contribution in [2.75, 3.05) is 25.6 Å². The molecule has 27 heavy (non-hydrogen) atoms. The third kappa shape index (κ3) is 3.85. The van der Waals surface area contributed by atoms with Crippen LogP contribution in [0.15, 0.2) is 42.5 Å². The number of nitrogens with one attached hydrogen (secondary N) is 1. The number of aryl methyl sites for hydroxylation is 1. The van der Waals surface area contributed by atoms with Crippen LogP contribution in [0, 0.1) is 6.92 Å². The third-order valence-corrected chi connectivity index (χ3v) is 4.16. The molecule has 0 bridgehead atoms. The van der Waals surface area contributed by atoms with Crippen molar-refractivity contribution >= 4 is 22.5 Å². The van der Waals surface area contributed by atoms with Crippen molar-refractivity contribution in [1.82, 2.24) is 4.98 Å². The van der Waals surface area contributed by atoms with Gasteiger partial charge in [0.15, 0.2) is 0 Å². The molecule has 3 rings (SSSR count). The standard InChI is InChI=1S/C21H22N2O4/c1-13-12-17(15-6-4-5-7-18(15)27-11-10-24)23-21-19(26-3)9-8-16(20(13)21)22-14(2)25/h4-9,12,24H,10-11H2,1-3H3,(H,22,25). The minimum absolute atomic E-state index is 0.0631. The van der Waals surface area contributed by atoms with E-state index in [1.165, 1.54) is 6.92 Å². The monoisotopic (exact) mass is 366 g/mol. The number of hydrogen-bond acceptors (Lipinski definition) is 5. The first kappa shape index (κ1) is 18.7. The third-order valence-electron chi connectivity index (χ3n) is 4.16. The zero-order chi connectivity index (χ0) is 19.4. The van der Waals surface area contributed by atoms with Crippen LogP contribution < -0.4 is 14.8 Å². The SMILES string of the molecule is COc1ccc(NC(C)=O)c2c(C)cc(-c3ccccc3OCCO)nc12. The molecule has 0 saturated carbocycles. The van der Waals surface area contributed by atoms with E-state index in [-0.39, 0.29) is 19.1 Å². The number of fused-ring (bicyclic) bond motifs is 1. The van der Waals surface area contributed by atoms with Crippen LogP contribution in [0.5, 0.6) is 11.5 Å². The maximum atomic E-state index is 11.6. The molecule has 0 aliphatic heterocycles. The Hall–Kier alpha value is -3.12. The van der Waals surface area contributed by atoms with Crippen molar-refractivity contribution in [2.24, 2.45) is 0 Å². The Morgan fingerprint density at radius 3 is 2.67 bits per heavy atom. The van der Waals surface area contributed by atoms with Crippen LogP contribution in [0.4, 0.5) is 5.69 Å². The largest absolute Gasteiger partial charge is 0.494 e. The number of methoxy groups -OCH3 is 1. The fourth-order valence-electron chi connectivity index (χ4n) is 3.07. The number of ether oxygens (including phenoxy) is 2. The maximum absolute atomic E-state index is 11.6. The number of aliphatic hydroxyl groups is 1. The Morgan fingerprint density at radius 1 is 1.19 bits per heavy atom. The number of carbonyl (C=O) groups excluding carboxylic acids is 1. The molecule has 6 heteroatoms. The number of anilines is 1. The Balaban J connectivity index is 2.22. The first-order valence-corrected chi connectivity index (χ1v) is 8.64. The smallest absolute Gasteiger partial charge is 0.221 e. The number of nitrogens with zero attached hydrogens (tertiary/aromatic N) is 1. The van der Waals surface area contributed by atoms with Crippen LogP contribution in [0.2, 0.25) is 0 Å². The number of para-hydroxylation sites is 1. The molecule has 0 radical (unpaired) electrons. The van der Waals surface area contributed by atoms with Gasteiger partial charge in [0.05, 0.1) is 25.1 Å². The van der Waals surface area contributed by atoms with Crippen molar-refractivity contribution < 1.29 is 19.4 Å². The lowest BCUT2D eigenvalue weighted by Crippen LogP contribution is -2.07. The first-order chi connectivity index (χ1) is 13.0. The maximum Gasteiger partial charge on any atom is 0.221 e. The first-order valence-electron chi connectivity index (χ1n) is 8.64. The van der Waals surface area contributed by atoms with Crippen LogP contribution in [0.1, 0.15) is 12.5 Å². The quantitative estimate of drug-likeness (QED) is 0.697. The van der Waals surface area contributed by atoms with Crippen molar-refractivity contribution in [2.45, 2.75) is 13.8 Å². The average molecular weight is 366 g/mol. The lowest BCUT2D eigenvalue weighted by atomic mass is 10.0. The van der Waals surface area contributed by atoms with Gasteiger partial charge in [-0.25, -0.2) is 4.98 Å². The number of benzene rings is 2. The van der Waals surface area contributed by atoms with Crippen LogP contribution in [0.25, 0.3) is 22.2 Å². The van der Waals surface area contributed by atoms with E-state index in [0.29, 0.717) is 22.7 Å². The molecule has 1 heterocycles. The zero-order valence-electron chi connectivity index (χ0n) is 15.6. The summed E-state index contributed by atoms with van der Waals surface area (Å²) < 4.78 is 11.1. The highest BCUT2D eigenvalue weighted by Gasteiger charge is 2.15. The molecule has 2 aromatic carbocycles. The van der Waals surface area contributed by atoms with E-state index in [1.807, 2.05) is 43.3 Å². The molecule has 0 aliphatic carbocycles. The lowest BCUT2D eigenvalue weighted by Gasteiger charge is -2.15. The normalized spacial score (nSPS) is 10.7. The molecule has 140 valence electrons. The van der Waals surface area contributed by atoms with Gasteiger partial charge >= 0.3 is 0 Å². The minimum Gasteiger partial charge on any atom is -0.494 e. The summed E-state index contributed by atoms with van der Waals surface area (Å²) in [4.78, 5) is 16.4. The molecule has 1 amide bonds. The molecule has 1 aromatic heterocycles. The number of carbonyl (C=O) groups is 1. The minimum atomic E-state index is -0.146. The second-order valence-electron chi connectivity index (χ2n) is 6.11. The number of rotatable bonds is 6. The molecule has 0 unspecified atom stereocenters. The molecule has 2 N–H and O–H groups in total. The second-order valence-corrected chi connectivity index (χ2v) is 6.11. The van der Waals surface area contributed by atoms with Crippen LogP contribution in [0.3, 0.4) is 0 Å². The van der Waals surface area contributed by atoms with Gasteiger partial charge in [0.1, 0.15) is 23.6 Å². The molecule has 0 saturated heterocycles. The number of hydrogen-bond donors (Lipinski definition) is 2. The summed E-state index contributed by atoms with van der Waals surface area (Å²) in [5.74, 6) is 1.13. The fraction of sp³-hybridized carbons (Fsp3) is 0.238. The Labute approximate surface area is 157 Å². The summed E-state index contributed by atoms with van der Waals surface area (Å²) in [5, 5.41) is 12.7. The van der Waals surface area contributed by atoms with Crippen LogP contribution >= 0.6 is 0 Å². The Kier molecular flexibility index (Phi) is 5.57. The van der Waals surface area contributed by atoms with Crippen molar-refractivity contribution in [3.8, 4) is 22.8 Å². The molecular weight excluding hydrogens is 344 g/mol. The fourth-order valence-corrected chi connectivity index (χ4v) is 3.07. The summed E-state index contributed by atoms with van der Waals surface area (Å²) in [5.41, 5.74) is 3.86. The van der Waals surface area contributed by atoms with E-state index in [2.05, 4.69) is 5.32 Å². The number of pyridine rings is 1. The Bertz CT molecular complexity index is 985. The molecular formula is C21H22N2O4. The number of aromatic nitrogens is 1. The molecule has 6 nitrogen and oxygen atoms in total. The molecule has 0 atom stereocenters. The van der Waals surface area contributed by atoms with Gasteiger partial charge in [0.2, 0.25) is 5.91 Å². The van der Waals surface area contributed by atoms with E-state index in [0.717, 1.165) is 22.2 Å². The van der Waals surface area contributed by atoms with E-state index in [4.69, 9.17) is 19.6 Å². The van der Waals surface area contributed by atoms with E-state index < -0.39 is 0 Å². The lowest BCUT2D eigenvalue weighted by molar-refractivity contribution is -0.114. The highest BCUT2D eigenvalue weighted by molar-refractivity contribution is 6.04. The van der Waals surface area contributed by atoms with Gasteiger partial charge < -0.3 is 19.9 Å². The molecule has 0 fully saturated rings. The highest BCUT2D eigenvalue weighted by atomic mass is 16.5. The number of amides is 1. The van der Waals surface area contributed by atoms with Crippen molar-refractivity contribution in [1.29, 1.82) is 0 Å². The highest BCUT2D eigenvalue weighted by Crippen LogP contribution is 2.37. The summed E-state index contributed by atoms with van der Waals surface area (Å²) in [6.45, 7) is 3.59. The van der Waals surface area contributed by atoms with E-state index >= 15 is 0 Å². The van der Waals surface area contributed by atoms with Gasteiger partial charge in [-0.15, -0.1) is 0 Å². The summed E-state index contributed by atoms with van der Waals surface area (Å²) in [6.07, 6.45) is 0. The topological polar surface area (TPSA) is 80.7 Å². The molecule has 0 aliphatic rings. The number of aliphatic hydroxyl groups excluding tert-OH is 1. The van der Waals surface area contributed by atoms with Gasteiger partial charge in [0.25, 0.3) is 0 Å². The second kappa shape index (κ2) is 8.05. The van der Waals surface area contributed by atoms with Gasteiger partial charge in [-0.3, -0.25) is 4.79 Å². The summed E-state index contributed by atoms with van der Waals surface area (Å²) >= 11 is 0. The van der Waals surface area contributed by atoms with E-state index in [1.54, 1.807) is 13.2 Å². The van der Waals surface area contributed by atoms with Gasteiger partial charge in [-0.05, 0) is 42.8 Å². The summed E-state index contributed by atoms with van der Waals surface area (Å²) in [7, 11) is 1.59. The van der Waals surface area contributed by atoms with Crippen LogP contribution in [-0.2, 0) is 4.79 Å². The van der Waals surface area contributed by atoms with Gasteiger partial charge in [-0.1, -0.05) is 12.1 Å². The molecule has 0 spiro atoms.